The average molecular weight is 185 g/mol. The number of unbranched alkanes of at least 4 members (excludes halogenated alkanes) is 2. The van der Waals surface area contributed by atoms with Gasteiger partial charge < -0.3 is 0 Å². The number of rotatable bonds is 6. The molecular formula is C8H19Ga. The van der Waals surface area contributed by atoms with Crippen LogP contribution in [0.4, 0.5) is 0 Å². The van der Waals surface area contributed by atoms with Crippen molar-refractivity contribution in [2.75, 3.05) is 0 Å². The predicted molar refractivity (Wildman–Crippen MR) is 46.6 cm³/mol. The second kappa shape index (κ2) is 8.64. The molecule has 0 aliphatic heterocycles. The molecule has 54 valence electrons. The molecule has 0 saturated carbocycles. The van der Waals surface area contributed by atoms with Crippen LogP contribution in [-0.4, -0.2) is 17.4 Å². The normalized spacial score (nSPS) is 9.56. The van der Waals surface area contributed by atoms with Gasteiger partial charge in [-0.05, 0) is 0 Å². The molecular weight excluding hydrogens is 166 g/mol. The van der Waals surface area contributed by atoms with E-state index in [0.717, 1.165) is 0 Å². The molecule has 0 aromatic heterocycles. The topological polar surface area (TPSA) is 0 Å². The van der Waals surface area contributed by atoms with Gasteiger partial charge in [0.25, 0.3) is 0 Å². The maximum absolute atomic E-state index is 2.29. The molecule has 0 aromatic carbocycles. The monoisotopic (exact) mass is 184 g/mol. The molecule has 1 heteroatoms. The molecule has 0 unspecified atom stereocenters. The van der Waals surface area contributed by atoms with E-state index in [1.54, 1.807) is 9.95 Å². The fourth-order valence-electron chi connectivity index (χ4n) is 1.03. The van der Waals surface area contributed by atoms with Gasteiger partial charge in [0, 0.05) is 0 Å². The summed E-state index contributed by atoms with van der Waals surface area (Å²) in [6, 6.07) is 0. The van der Waals surface area contributed by atoms with Crippen molar-refractivity contribution >= 4 is 17.4 Å². The Hall–Kier alpha value is 0.636. The molecule has 0 atom stereocenters. The van der Waals surface area contributed by atoms with Crippen molar-refractivity contribution in [2.45, 2.75) is 49.5 Å². The second-order valence-corrected chi connectivity index (χ2v) is 7.22. The van der Waals surface area contributed by atoms with E-state index < -0.39 is 0 Å². The molecule has 0 N–H and O–H groups in total. The summed E-state index contributed by atoms with van der Waals surface area (Å²) in [6.45, 7) is 4.59. The van der Waals surface area contributed by atoms with E-state index in [4.69, 9.17) is 0 Å². The van der Waals surface area contributed by atoms with Gasteiger partial charge in [-0.3, -0.25) is 0 Å². The van der Waals surface area contributed by atoms with Gasteiger partial charge in [0.1, 0.15) is 0 Å². The summed E-state index contributed by atoms with van der Waals surface area (Å²) in [6.07, 6.45) is 5.86. The van der Waals surface area contributed by atoms with Gasteiger partial charge >= 0.3 is 66.9 Å². The quantitative estimate of drug-likeness (QED) is 0.440. The standard InChI is InChI=1S/2C4H9.Ga.H/c2*1-3-4-2;;/h2*1,3-4H2,2H3;;. The fraction of sp³-hybridized carbons (Fsp3) is 1.00. The van der Waals surface area contributed by atoms with Crippen LogP contribution in [0.15, 0.2) is 0 Å². The fourth-order valence-corrected chi connectivity index (χ4v) is 5.35. The van der Waals surface area contributed by atoms with Gasteiger partial charge in [-0.2, -0.15) is 0 Å². The van der Waals surface area contributed by atoms with Crippen LogP contribution in [0.1, 0.15) is 39.5 Å². The van der Waals surface area contributed by atoms with Crippen LogP contribution in [0, 0.1) is 0 Å². The van der Waals surface area contributed by atoms with Crippen LogP contribution in [0.25, 0.3) is 0 Å². The Morgan fingerprint density at radius 3 is 1.67 bits per heavy atom. The summed E-state index contributed by atoms with van der Waals surface area (Å²) >= 11 is 0.0146. The van der Waals surface area contributed by atoms with Gasteiger partial charge in [-0.15, -0.1) is 0 Å². The minimum atomic E-state index is 0.0146. The molecule has 0 bridgehead atoms. The van der Waals surface area contributed by atoms with Crippen molar-refractivity contribution < 1.29 is 0 Å². The van der Waals surface area contributed by atoms with E-state index >= 15 is 0 Å². The van der Waals surface area contributed by atoms with Crippen molar-refractivity contribution in [3.05, 3.63) is 0 Å². The summed E-state index contributed by atoms with van der Waals surface area (Å²) in [4.78, 5) is 3.28. The van der Waals surface area contributed by atoms with Gasteiger partial charge in [0.2, 0.25) is 0 Å². The number of hydrogen-bond acceptors (Lipinski definition) is 0. The van der Waals surface area contributed by atoms with E-state index in [0.29, 0.717) is 0 Å². The van der Waals surface area contributed by atoms with Crippen LogP contribution in [0.3, 0.4) is 0 Å². The van der Waals surface area contributed by atoms with Gasteiger partial charge in [0.15, 0.2) is 0 Å². The van der Waals surface area contributed by atoms with Gasteiger partial charge in [0.05, 0.1) is 0 Å². The van der Waals surface area contributed by atoms with Gasteiger partial charge in [-0.25, -0.2) is 0 Å². The molecule has 0 heterocycles. The first-order chi connectivity index (χ1) is 4.41. The van der Waals surface area contributed by atoms with E-state index in [2.05, 4.69) is 13.8 Å². The van der Waals surface area contributed by atoms with Crippen molar-refractivity contribution in [1.29, 1.82) is 0 Å². The Morgan fingerprint density at radius 1 is 0.889 bits per heavy atom. The van der Waals surface area contributed by atoms with Crippen molar-refractivity contribution in [3.8, 4) is 0 Å². The van der Waals surface area contributed by atoms with Gasteiger partial charge in [-0.1, -0.05) is 0 Å². The Kier molecular flexibility index (Phi) is 9.25. The molecule has 0 radical (unpaired) electrons. The first-order valence-electron chi connectivity index (χ1n) is 4.41. The van der Waals surface area contributed by atoms with Crippen LogP contribution in [0.2, 0.25) is 9.95 Å². The molecule has 0 aromatic rings. The maximum atomic E-state index is 2.29. The predicted octanol–water partition coefficient (Wildman–Crippen LogP) is 2.86. The molecule has 9 heavy (non-hydrogen) atoms. The molecule has 0 amide bonds. The van der Waals surface area contributed by atoms with Crippen molar-refractivity contribution in [3.63, 3.8) is 0 Å². The molecule has 0 aliphatic rings. The summed E-state index contributed by atoms with van der Waals surface area (Å²) in [5.41, 5.74) is 0. The molecule has 0 aliphatic carbocycles. The van der Waals surface area contributed by atoms with E-state index in [1.807, 2.05) is 0 Å². The zero-order valence-corrected chi connectivity index (χ0v) is 9.92. The molecule has 0 fully saturated rings. The molecule has 0 spiro atoms. The summed E-state index contributed by atoms with van der Waals surface area (Å²) < 4.78 is 0. The van der Waals surface area contributed by atoms with E-state index in [1.165, 1.54) is 25.7 Å². The van der Waals surface area contributed by atoms with Crippen molar-refractivity contribution in [2.24, 2.45) is 0 Å². The summed E-state index contributed by atoms with van der Waals surface area (Å²) in [7, 11) is 0. The Balaban J connectivity index is 2.60. The zero-order valence-electron chi connectivity index (χ0n) is 6.95. The molecule has 0 saturated heterocycles. The number of hydrogen-bond donors (Lipinski definition) is 0. The third-order valence-corrected chi connectivity index (χ3v) is 5.90. The van der Waals surface area contributed by atoms with Crippen LogP contribution in [0.5, 0.6) is 0 Å². The van der Waals surface area contributed by atoms with E-state index in [9.17, 15) is 0 Å². The average Bonchev–Trinajstić information content (AvgIpc) is 1.89. The van der Waals surface area contributed by atoms with E-state index in [-0.39, 0.29) is 17.4 Å². The first-order valence-corrected chi connectivity index (χ1v) is 8.61. The Labute approximate surface area is 67.2 Å². The Morgan fingerprint density at radius 2 is 1.33 bits per heavy atom. The molecule has 0 rings (SSSR count). The third kappa shape index (κ3) is 8.64. The Bertz CT molecular complexity index is 37.8. The second-order valence-electron chi connectivity index (χ2n) is 2.77. The summed E-state index contributed by atoms with van der Waals surface area (Å²) in [5.74, 6) is 0. The van der Waals surface area contributed by atoms with Crippen LogP contribution < -0.4 is 0 Å². The first kappa shape index (κ1) is 9.64. The summed E-state index contributed by atoms with van der Waals surface area (Å²) in [5, 5.41) is 0. The third-order valence-electron chi connectivity index (χ3n) is 1.71. The molecule has 0 nitrogen and oxygen atoms in total. The van der Waals surface area contributed by atoms with Crippen LogP contribution >= 0.6 is 0 Å². The van der Waals surface area contributed by atoms with Crippen molar-refractivity contribution in [1.82, 2.24) is 0 Å². The SMILES string of the molecule is CCC[CH2][GaH][CH2]CCC. The van der Waals surface area contributed by atoms with Crippen LogP contribution in [-0.2, 0) is 0 Å². The zero-order chi connectivity index (χ0) is 6.95. The minimum absolute atomic E-state index is 0.0146.